The first-order valence-corrected chi connectivity index (χ1v) is 10.2. The molecule has 0 atom stereocenters. The van der Waals surface area contributed by atoms with E-state index in [4.69, 9.17) is 21.4 Å². The van der Waals surface area contributed by atoms with Crippen LogP contribution in [0.3, 0.4) is 0 Å². The number of piperidine rings is 1. The summed E-state index contributed by atoms with van der Waals surface area (Å²) in [7, 11) is 0. The SMILES string of the molecule is Cl.O=C(O)CCN1CCC2(CC1)COc1cc(/C=C/c3c(F)cccc3Cl)ccc12. The standard InChI is InChI=1S/C23H23ClFNO3.ClH/c24-19-2-1-3-20(25)17(19)6-4-16-5-7-18-21(14-16)29-15-23(18)9-12-26(13-10-23)11-8-22(27)28;/h1-7,14H,8-13,15H2,(H,27,28);1H/b6-4+;. The van der Waals surface area contributed by atoms with E-state index in [0.29, 0.717) is 23.7 Å². The van der Waals surface area contributed by atoms with Gasteiger partial charge in [0.25, 0.3) is 0 Å². The summed E-state index contributed by atoms with van der Waals surface area (Å²) in [5, 5.41) is 9.25. The minimum Gasteiger partial charge on any atom is -0.492 e. The largest absolute Gasteiger partial charge is 0.492 e. The molecule has 1 fully saturated rings. The number of halogens is 3. The minimum atomic E-state index is -0.753. The van der Waals surface area contributed by atoms with Crippen molar-refractivity contribution in [1.82, 2.24) is 4.90 Å². The van der Waals surface area contributed by atoms with Gasteiger partial charge in [0.15, 0.2) is 0 Å². The van der Waals surface area contributed by atoms with Crippen LogP contribution in [-0.2, 0) is 10.2 Å². The summed E-state index contributed by atoms with van der Waals surface area (Å²) in [6.45, 7) is 3.01. The first-order chi connectivity index (χ1) is 14.0. The molecule has 0 unspecified atom stereocenters. The van der Waals surface area contributed by atoms with Crippen LogP contribution in [0.1, 0.15) is 36.0 Å². The summed E-state index contributed by atoms with van der Waals surface area (Å²) < 4.78 is 20.0. The monoisotopic (exact) mass is 451 g/mol. The van der Waals surface area contributed by atoms with Gasteiger partial charge in [0.1, 0.15) is 11.6 Å². The molecule has 1 spiro atoms. The Labute approximate surface area is 186 Å². The maximum atomic E-state index is 13.9. The van der Waals surface area contributed by atoms with Crippen molar-refractivity contribution in [3.8, 4) is 5.75 Å². The molecule has 0 saturated carbocycles. The summed E-state index contributed by atoms with van der Waals surface area (Å²) in [6, 6.07) is 10.8. The molecule has 7 heteroatoms. The number of rotatable bonds is 5. The van der Waals surface area contributed by atoms with E-state index < -0.39 is 5.97 Å². The molecule has 2 aromatic carbocycles. The Kier molecular flexibility index (Phi) is 7.06. The third-order valence-corrected chi connectivity index (χ3v) is 6.31. The molecule has 2 aliphatic rings. The van der Waals surface area contributed by atoms with Crippen molar-refractivity contribution in [2.45, 2.75) is 24.7 Å². The zero-order valence-corrected chi connectivity index (χ0v) is 18.0. The molecule has 2 aliphatic heterocycles. The highest BCUT2D eigenvalue weighted by atomic mass is 35.5. The van der Waals surface area contributed by atoms with Gasteiger partial charge >= 0.3 is 5.97 Å². The quantitative estimate of drug-likeness (QED) is 0.628. The number of likely N-dealkylation sites (tertiary alicyclic amines) is 1. The highest BCUT2D eigenvalue weighted by Crippen LogP contribution is 2.46. The summed E-state index contributed by atoms with van der Waals surface area (Å²) in [5.41, 5.74) is 2.53. The van der Waals surface area contributed by atoms with E-state index in [9.17, 15) is 9.18 Å². The lowest BCUT2D eigenvalue weighted by Crippen LogP contribution is -2.44. The Morgan fingerprint density at radius 1 is 1.23 bits per heavy atom. The number of ether oxygens (including phenoxy) is 1. The number of hydrogen-bond acceptors (Lipinski definition) is 3. The predicted octanol–water partition coefficient (Wildman–Crippen LogP) is 5.27. The number of fused-ring (bicyclic) bond motifs is 2. The van der Waals surface area contributed by atoms with Crippen LogP contribution in [0.5, 0.6) is 5.75 Å². The fourth-order valence-corrected chi connectivity index (χ4v) is 4.44. The third-order valence-electron chi connectivity index (χ3n) is 5.98. The van der Waals surface area contributed by atoms with Gasteiger partial charge in [-0.15, -0.1) is 12.4 Å². The average Bonchev–Trinajstić information content (AvgIpc) is 3.05. The molecule has 2 heterocycles. The zero-order valence-electron chi connectivity index (χ0n) is 16.4. The number of nitrogens with zero attached hydrogens (tertiary/aromatic N) is 1. The molecule has 160 valence electrons. The van der Waals surface area contributed by atoms with Gasteiger partial charge in [0, 0.05) is 23.1 Å². The van der Waals surface area contributed by atoms with Crippen molar-refractivity contribution in [2.75, 3.05) is 26.2 Å². The Morgan fingerprint density at radius 2 is 2.00 bits per heavy atom. The van der Waals surface area contributed by atoms with Gasteiger partial charge in [-0.3, -0.25) is 4.79 Å². The second kappa shape index (κ2) is 9.38. The normalized spacial score (nSPS) is 17.5. The molecule has 4 nitrogen and oxygen atoms in total. The van der Waals surface area contributed by atoms with Crippen LogP contribution in [-0.4, -0.2) is 42.2 Å². The molecule has 0 amide bonds. The van der Waals surface area contributed by atoms with Crippen molar-refractivity contribution in [3.63, 3.8) is 0 Å². The van der Waals surface area contributed by atoms with E-state index in [0.717, 1.165) is 37.2 Å². The summed E-state index contributed by atoms with van der Waals surface area (Å²) in [5.74, 6) is -0.220. The van der Waals surface area contributed by atoms with Crippen LogP contribution in [0.15, 0.2) is 36.4 Å². The van der Waals surface area contributed by atoms with E-state index in [1.54, 1.807) is 18.2 Å². The molecule has 2 aromatic rings. The Bertz CT molecular complexity index is 935. The highest BCUT2D eigenvalue weighted by Gasteiger charge is 2.42. The fourth-order valence-electron chi connectivity index (χ4n) is 4.22. The molecule has 1 N–H and O–H groups in total. The maximum absolute atomic E-state index is 13.9. The molecule has 0 aromatic heterocycles. The van der Waals surface area contributed by atoms with E-state index in [-0.39, 0.29) is 30.1 Å². The minimum absolute atomic E-state index is 0. The van der Waals surface area contributed by atoms with Gasteiger partial charge in [0.2, 0.25) is 0 Å². The van der Waals surface area contributed by atoms with E-state index in [1.807, 2.05) is 18.2 Å². The van der Waals surface area contributed by atoms with Crippen LogP contribution >= 0.6 is 24.0 Å². The van der Waals surface area contributed by atoms with Gasteiger partial charge in [0.05, 0.1) is 18.1 Å². The van der Waals surface area contributed by atoms with Crippen molar-refractivity contribution in [2.24, 2.45) is 0 Å². The molecule has 0 radical (unpaired) electrons. The van der Waals surface area contributed by atoms with Crippen LogP contribution in [0, 0.1) is 5.82 Å². The van der Waals surface area contributed by atoms with Gasteiger partial charge in [-0.25, -0.2) is 4.39 Å². The molecule has 0 bridgehead atoms. The van der Waals surface area contributed by atoms with E-state index in [2.05, 4.69) is 11.0 Å². The molecule has 1 saturated heterocycles. The second-order valence-electron chi connectivity index (χ2n) is 7.78. The number of benzene rings is 2. The van der Waals surface area contributed by atoms with Crippen molar-refractivity contribution in [1.29, 1.82) is 0 Å². The molecule has 30 heavy (non-hydrogen) atoms. The molecule has 0 aliphatic carbocycles. The van der Waals surface area contributed by atoms with Gasteiger partial charge < -0.3 is 14.7 Å². The van der Waals surface area contributed by atoms with Crippen LogP contribution in [0.2, 0.25) is 5.02 Å². The number of aliphatic carboxylic acids is 1. The van der Waals surface area contributed by atoms with Crippen molar-refractivity contribution >= 4 is 42.1 Å². The highest BCUT2D eigenvalue weighted by molar-refractivity contribution is 6.32. The second-order valence-corrected chi connectivity index (χ2v) is 8.19. The lowest BCUT2D eigenvalue weighted by Gasteiger charge is -2.38. The summed E-state index contributed by atoms with van der Waals surface area (Å²) >= 11 is 6.09. The van der Waals surface area contributed by atoms with E-state index in [1.165, 1.54) is 11.6 Å². The summed E-state index contributed by atoms with van der Waals surface area (Å²) in [4.78, 5) is 13.0. The Morgan fingerprint density at radius 3 is 2.70 bits per heavy atom. The molecule has 4 rings (SSSR count). The lowest BCUT2D eigenvalue weighted by atomic mass is 9.74. The maximum Gasteiger partial charge on any atom is 0.304 e. The predicted molar refractivity (Wildman–Crippen MR) is 119 cm³/mol. The number of hydrogen-bond donors (Lipinski definition) is 1. The molecular weight excluding hydrogens is 428 g/mol. The third kappa shape index (κ3) is 4.64. The first kappa shape index (κ1) is 22.6. The lowest BCUT2D eigenvalue weighted by molar-refractivity contribution is -0.137. The zero-order chi connectivity index (χ0) is 20.4. The summed E-state index contributed by atoms with van der Waals surface area (Å²) in [6.07, 6.45) is 5.62. The topological polar surface area (TPSA) is 49.8 Å². The van der Waals surface area contributed by atoms with E-state index >= 15 is 0 Å². The van der Waals surface area contributed by atoms with Gasteiger partial charge in [-0.2, -0.15) is 0 Å². The van der Waals surface area contributed by atoms with Crippen LogP contribution < -0.4 is 4.74 Å². The van der Waals surface area contributed by atoms with Crippen LogP contribution in [0.25, 0.3) is 12.2 Å². The Balaban J connectivity index is 0.00000256. The average molecular weight is 452 g/mol. The molecular formula is C23H24Cl2FNO3. The first-order valence-electron chi connectivity index (χ1n) is 9.80. The Hall–Kier alpha value is -2.08. The number of carboxylic acids is 1. The van der Waals surface area contributed by atoms with Crippen LogP contribution in [0.4, 0.5) is 4.39 Å². The number of carboxylic acid groups (broad SMARTS) is 1. The fraction of sp³-hybridized carbons (Fsp3) is 0.348. The van der Waals surface area contributed by atoms with Crippen molar-refractivity contribution in [3.05, 3.63) is 63.9 Å². The van der Waals surface area contributed by atoms with Gasteiger partial charge in [-0.05, 0) is 55.8 Å². The smallest absolute Gasteiger partial charge is 0.304 e. The van der Waals surface area contributed by atoms with Gasteiger partial charge in [-0.1, -0.05) is 35.9 Å². The number of carbonyl (C=O) groups is 1. The van der Waals surface area contributed by atoms with Crippen molar-refractivity contribution < 1.29 is 19.0 Å².